The first-order chi connectivity index (χ1) is 16.4. The molecule has 0 radical (unpaired) electrons. The number of methoxy groups -OCH3 is 2. The Labute approximate surface area is 212 Å². The Hall–Kier alpha value is -3.73. The molecule has 0 aromatic carbocycles. The number of esters is 3. The van der Waals surface area contributed by atoms with E-state index in [2.05, 4.69) is 19.4 Å². The fourth-order valence-electron chi connectivity index (χ4n) is 2.57. The predicted octanol–water partition coefficient (Wildman–Crippen LogP) is 4.06. The van der Waals surface area contributed by atoms with Crippen molar-refractivity contribution in [3.8, 4) is 12.1 Å². The number of hydrogen-bond acceptors (Lipinski definition) is 10. The lowest BCUT2D eigenvalue weighted by Gasteiger charge is -2.22. The van der Waals surface area contributed by atoms with Crippen LogP contribution in [-0.2, 0) is 25.4 Å². The highest BCUT2D eigenvalue weighted by Gasteiger charge is 2.30. The van der Waals surface area contributed by atoms with Gasteiger partial charge >= 0.3 is 17.9 Å². The van der Waals surface area contributed by atoms with Gasteiger partial charge in [0, 0.05) is 12.4 Å². The summed E-state index contributed by atoms with van der Waals surface area (Å²) in [4.78, 5) is 42.5. The zero-order valence-electron chi connectivity index (χ0n) is 19.6. The highest BCUT2D eigenvalue weighted by atomic mass is 35.5. The molecular formula is C23H22Cl2N4O6. The molecule has 1 unspecified atom stereocenters. The maximum Gasteiger partial charge on any atom is 0.339 e. The number of carbonyl (C=O) groups is 3. The first-order valence-corrected chi connectivity index (χ1v) is 10.6. The molecule has 2 heterocycles. The van der Waals surface area contributed by atoms with Gasteiger partial charge in [-0.25, -0.2) is 19.6 Å². The van der Waals surface area contributed by atoms with Crippen LogP contribution in [0.1, 0.15) is 58.5 Å². The first kappa shape index (κ1) is 29.3. The van der Waals surface area contributed by atoms with Crippen molar-refractivity contribution in [2.45, 2.75) is 38.7 Å². The van der Waals surface area contributed by atoms with Crippen LogP contribution in [0.3, 0.4) is 0 Å². The molecule has 184 valence electrons. The second kappa shape index (κ2) is 13.2. The standard InChI is InChI=1S/C14H15ClN2O4.C9H7ClN2O2/c1-14(2,3)21-13(19)9(6-16)8-5-11(15)17-7-10(8)12(18)20-4;1-14-9(13)7-5-12-8(10)4-6(7)2-3-11/h5,7,9H,1-4H3;4-5H,2H2,1H3. The number of carbonyl (C=O) groups excluding carboxylic acids is 3. The number of ether oxygens (including phenoxy) is 3. The minimum absolute atomic E-state index is 0.000640. The SMILES string of the molecule is COC(=O)c1cnc(Cl)cc1C(C#N)C(=O)OC(C)(C)C.COC(=O)c1cnc(Cl)cc1CC#N. The van der Waals surface area contributed by atoms with E-state index in [0.717, 1.165) is 6.20 Å². The highest BCUT2D eigenvalue weighted by molar-refractivity contribution is 6.29. The van der Waals surface area contributed by atoms with Gasteiger partial charge < -0.3 is 14.2 Å². The van der Waals surface area contributed by atoms with Crippen LogP contribution in [0.15, 0.2) is 24.5 Å². The summed E-state index contributed by atoms with van der Waals surface area (Å²) in [6, 6.07) is 6.52. The quantitative estimate of drug-likeness (QED) is 0.320. The monoisotopic (exact) mass is 520 g/mol. The number of nitriles is 2. The second-order valence-electron chi connectivity index (χ2n) is 7.67. The molecule has 10 nitrogen and oxygen atoms in total. The lowest BCUT2D eigenvalue weighted by Crippen LogP contribution is -2.28. The number of halogens is 2. The molecule has 0 fully saturated rings. The fraction of sp³-hybridized carbons (Fsp3) is 0.348. The third-order valence-electron chi connectivity index (χ3n) is 4.02. The lowest BCUT2D eigenvalue weighted by atomic mass is 9.96. The van der Waals surface area contributed by atoms with Gasteiger partial charge in [-0.2, -0.15) is 10.5 Å². The maximum absolute atomic E-state index is 12.1. The van der Waals surface area contributed by atoms with Crippen molar-refractivity contribution in [3.05, 3.63) is 57.1 Å². The average Bonchev–Trinajstić information content (AvgIpc) is 2.78. The lowest BCUT2D eigenvalue weighted by molar-refractivity contribution is -0.155. The summed E-state index contributed by atoms with van der Waals surface area (Å²) in [5.41, 5.74) is 0.157. The Bertz CT molecular complexity index is 1180. The van der Waals surface area contributed by atoms with E-state index in [1.54, 1.807) is 20.8 Å². The maximum atomic E-state index is 12.1. The van der Waals surface area contributed by atoms with E-state index in [9.17, 15) is 19.6 Å². The average molecular weight is 521 g/mol. The first-order valence-electron chi connectivity index (χ1n) is 9.84. The van der Waals surface area contributed by atoms with Gasteiger partial charge in [-0.1, -0.05) is 23.2 Å². The van der Waals surface area contributed by atoms with Gasteiger partial charge in [-0.15, -0.1) is 0 Å². The van der Waals surface area contributed by atoms with Crippen molar-refractivity contribution >= 4 is 41.1 Å². The van der Waals surface area contributed by atoms with Gasteiger partial charge in [0.25, 0.3) is 0 Å². The molecule has 2 aromatic rings. The Morgan fingerprint density at radius 1 is 0.971 bits per heavy atom. The van der Waals surface area contributed by atoms with Crippen LogP contribution in [0.4, 0.5) is 0 Å². The van der Waals surface area contributed by atoms with Crippen LogP contribution in [0.2, 0.25) is 10.3 Å². The van der Waals surface area contributed by atoms with Crippen LogP contribution >= 0.6 is 23.2 Å². The molecule has 0 bridgehead atoms. The van der Waals surface area contributed by atoms with Crippen molar-refractivity contribution in [3.63, 3.8) is 0 Å². The van der Waals surface area contributed by atoms with Crippen LogP contribution in [0.5, 0.6) is 0 Å². The molecular weight excluding hydrogens is 499 g/mol. The van der Waals surface area contributed by atoms with E-state index >= 15 is 0 Å². The Balaban J connectivity index is 0.000000379. The molecule has 0 saturated heterocycles. The van der Waals surface area contributed by atoms with Gasteiger partial charge in [0.05, 0.1) is 43.9 Å². The Morgan fingerprint density at radius 2 is 1.49 bits per heavy atom. The molecule has 0 aliphatic carbocycles. The van der Waals surface area contributed by atoms with Gasteiger partial charge in [-0.05, 0) is 44.0 Å². The van der Waals surface area contributed by atoms with Crippen LogP contribution in [0.25, 0.3) is 0 Å². The van der Waals surface area contributed by atoms with Crippen LogP contribution in [0, 0.1) is 22.7 Å². The number of hydrogen-bond donors (Lipinski definition) is 0. The minimum Gasteiger partial charge on any atom is -0.465 e. The predicted molar refractivity (Wildman–Crippen MR) is 125 cm³/mol. The van der Waals surface area contributed by atoms with Gasteiger partial charge in [0.2, 0.25) is 0 Å². The molecule has 2 rings (SSSR count). The molecule has 2 aromatic heterocycles. The number of aromatic nitrogens is 2. The summed E-state index contributed by atoms with van der Waals surface area (Å²) in [5.74, 6) is -3.28. The normalized spacial score (nSPS) is 11.0. The molecule has 12 heteroatoms. The van der Waals surface area contributed by atoms with E-state index in [1.165, 1.54) is 32.5 Å². The third-order valence-corrected chi connectivity index (χ3v) is 4.43. The number of rotatable bonds is 5. The molecule has 1 atom stereocenters. The Morgan fingerprint density at radius 3 is 1.97 bits per heavy atom. The molecule has 0 aliphatic heterocycles. The van der Waals surface area contributed by atoms with E-state index < -0.39 is 29.4 Å². The second-order valence-corrected chi connectivity index (χ2v) is 8.45. The molecule has 0 N–H and O–H groups in total. The smallest absolute Gasteiger partial charge is 0.339 e. The summed E-state index contributed by atoms with van der Waals surface area (Å²) in [5, 5.41) is 18.1. The van der Waals surface area contributed by atoms with Crippen LogP contribution in [-0.4, -0.2) is 47.7 Å². The topological polar surface area (TPSA) is 152 Å². The third kappa shape index (κ3) is 8.85. The molecule has 0 amide bonds. The van der Waals surface area contributed by atoms with Crippen molar-refractivity contribution in [1.29, 1.82) is 10.5 Å². The highest BCUT2D eigenvalue weighted by Crippen LogP contribution is 2.26. The molecule has 0 saturated carbocycles. The summed E-state index contributed by atoms with van der Waals surface area (Å²) in [6.45, 7) is 5.04. The van der Waals surface area contributed by atoms with Crippen LogP contribution < -0.4 is 0 Å². The van der Waals surface area contributed by atoms with Gasteiger partial charge in [0.1, 0.15) is 15.9 Å². The van der Waals surface area contributed by atoms with Crippen molar-refractivity contribution in [1.82, 2.24) is 9.97 Å². The Kier molecular flexibility index (Phi) is 11.1. The van der Waals surface area contributed by atoms with Crippen molar-refractivity contribution in [2.24, 2.45) is 0 Å². The minimum atomic E-state index is -1.29. The number of nitrogens with zero attached hydrogens (tertiary/aromatic N) is 4. The fourth-order valence-corrected chi connectivity index (χ4v) is 2.91. The summed E-state index contributed by atoms with van der Waals surface area (Å²) in [7, 11) is 2.46. The zero-order chi connectivity index (χ0) is 26.8. The van der Waals surface area contributed by atoms with E-state index in [0.29, 0.717) is 5.56 Å². The van der Waals surface area contributed by atoms with Crippen molar-refractivity contribution < 1.29 is 28.6 Å². The summed E-state index contributed by atoms with van der Waals surface area (Å²) in [6.07, 6.45) is 2.58. The van der Waals surface area contributed by atoms with E-state index in [-0.39, 0.29) is 33.4 Å². The zero-order valence-corrected chi connectivity index (χ0v) is 21.1. The molecule has 35 heavy (non-hydrogen) atoms. The summed E-state index contributed by atoms with van der Waals surface area (Å²) >= 11 is 11.4. The van der Waals surface area contributed by atoms with Crippen molar-refractivity contribution in [2.75, 3.05) is 14.2 Å². The van der Waals surface area contributed by atoms with Gasteiger partial charge in [0.15, 0.2) is 5.92 Å². The summed E-state index contributed by atoms with van der Waals surface area (Å²) < 4.78 is 14.3. The molecule has 0 spiro atoms. The van der Waals surface area contributed by atoms with E-state index in [1.807, 2.05) is 12.1 Å². The van der Waals surface area contributed by atoms with Gasteiger partial charge in [-0.3, -0.25) is 4.79 Å². The molecule has 0 aliphatic rings. The van der Waals surface area contributed by atoms with E-state index in [4.69, 9.17) is 33.2 Å². The largest absolute Gasteiger partial charge is 0.465 e. The number of pyridine rings is 2.